The number of allylic oxidation sites excluding steroid dienone is 1. The standard InChI is InChI=1S/C30H29N5/c1-4-32-30(33-19-31-3)35-25-16-10-11-20(2)27(25)28-26(35)18-17-23-22-14-8-9-15-24(22)34(29(23)28)21-12-6-5-7-13-21/h4-10,12-18,20,31H,11,19H2,1-3H3/b32-4-,33-30+. The summed E-state index contributed by atoms with van der Waals surface area (Å²) >= 11 is 0. The lowest BCUT2D eigenvalue weighted by Crippen LogP contribution is -2.16. The van der Waals surface area contributed by atoms with Gasteiger partial charge >= 0.3 is 0 Å². The SMILES string of the molecule is C/C=N\C(=N/CNC)n1c2c(c3c1ccc1c4ccccc4n(-c4ccccc4)c13)C(C)CC=C2. The van der Waals surface area contributed by atoms with Crippen LogP contribution >= 0.6 is 0 Å². The Kier molecular flexibility index (Phi) is 5.34. The summed E-state index contributed by atoms with van der Waals surface area (Å²) in [5.41, 5.74) is 7.33. The summed E-state index contributed by atoms with van der Waals surface area (Å²) in [6.45, 7) is 4.78. The van der Waals surface area contributed by atoms with Crippen molar-refractivity contribution in [3.05, 3.63) is 84.1 Å². The predicted octanol–water partition coefficient (Wildman–Crippen LogP) is 6.73. The van der Waals surface area contributed by atoms with E-state index in [-0.39, 0.29) is 0 Å². The summed E-state index contributed by atoms with van der Waals surface area (Å²) in [5, 5.41) is 6.96. The molecule has 1 atom stereocenters. The van der Waals surface area contributed by atoms with Gasteiger partial charge in [-0.15, -0.1) is 0 Å². The van der Waals surface area contributed by atoms with Crippen molar-refractivity contribution in [2.45, 2.75) is 26.2 Å². The van der Waals surface area contributed by atoms with Gasteiger partial charge in [0, 0.05) is 28.1 Å². The first-order valence-electron chi connectivity index (χ1n) is 12.2. The summed E-state index contributed by atoms with van der Waals surface area (Å²) in [7, 11) is 1.91. The average molecular weight is 460 g/mol. The van der Waals surface area contributed by atoms with Gasteiger partial charge in [0.15, 0.2) is 0 Å². The Labute approximate surface area is 205 Å². The van der Waals surface area contributed by atoms with Crippen molar-refractivity contribution in [2.75, 3.05) is 13.7 Å². The summed E-state index contributed by atoms with van der Waals surface area (Å²) in [6, 6.07) is 23.9. The van der Waals surface area contributed by atoms with Gasteiger partial charge in [-0.2, -0.15) is 0 Å². The normalized spacial score (nSPS) is 16.2. The van der Waals surface area contributed by atoms with Crippen molar-refractivity contribution in [3.63, 3.8) is 0 Å². The number of hydrogen-bond donors (Lipinski definition) is 1. The third-order valence-electron chi connectivity index (χ3n) is 6.94. The molecule has 0 radical (unpaired) electrons. The molecule has 1 unspecified atom stereocenters. The van der Waals surface area contributed by atoms with Crippen LogP contribution in [0.4, 0.5) is 0 Å². The Hall–Kier alpha value is -3.96. The highest BCUT2D eigenvalue weighted by Crippen LogP contribution is 2.44. The van der Waals surface area contributed by atoms with Crippen LogP contribution in [0.2, 0.25) is 0 Å². The van der Waals surface area contributed by atoms with Crippen molar-refractivity contribution in [2.24, 2.45) is 9.98 Å². The molecule has 0 amide bonds. The maximum Gasteiger partial charge on any atom is 0.230 e. The van der Waals surface area contributed by atoms with Gasteiger partial charge in [-0.3, -0.25) is 4.57 Å². The van der Waals surface area contributed by atoms with Gasteiger partial charge in [-0.05, 0) is 62.2 Å². The molecule has 2 aromatic heterocycles. The lowest BCUT2D eigenvalue weighted by atomic mass is 9.90. The zero-order valence-electron chi connectivity index (χ0n) is 20.4. The zero-order chi connectivity index (χ0) is 23.9. The van der Waals surface area contributed by atoms with Crippen LogP contribution in [0.1, 0.15) is 37.4 Å². The molecule has 0 aliphatic heterocycles. The van der Waals surface area contributed by atoms with Crippen LogP contribution in [0.3, 0.4) is 0 Å². The van der Waals surface area contributed by atoms with E-state index in [4.69, 9.17) is 9.98 Å². The van der Waals surface area contributed by atoms with Gasteiger partial charge in [0.1, 0.15) is 0 Å². The Morgan fingerprint density at radius 2 is 1.80 bits per heavy atom. The van der Waals surface area contributed by atoms with Gasteiger partial charge < -0.3 is 9.88 Å². The Morgan fingerprint density at radius 3 is 2.60 bits per heavy atom. The van der Waals surface area contributed by atoms with E-state index in [0.29, 0.717) is 18.5 Å². The molecule has 5 aromatic rings. The number of benzene rings is 3. The lowest BCUT2D eigenvalue weighted by molar-refractivity contribution is 0.773. The Morgan fingerprint density at radius 1 is 1.00 bits per heavy atom. The van der Waals surface area contributed by atoms with Crippen LogP contribution in [0, 0.1) is 0 Å². The van der Waals surface area contributed by atoms with Crippen LogP contribution in [0.25, 0.3) is 44.5 Å². The number of hydrogen-bond acceptors (Lipinski definition) is 2. The van der Waals surface area contributed by atoms with E-state index in [1.54, 1.807) is 0 Å². The molecular weight excluding hydrogens is 430 g/mol. The van der Waals surface area contributed by atoms with Crippen molar-refractivity contribution >= 4 is 51.0 Å². The van der Waals surface area contributed by atoms with Crippen molar-refractivity contribution < 1.29 is 0 Å². The predicted molar refractivity (Wildman–Crippen MR) is 149 cm³/mol. The van der Waals surface area contributed by atoms with E-state index in [9.17, 15) is 0 Å². The van der Waals surface area contributed by atoms with Gasteiger partial charge in [0.25, 0.3) is 0 Å². The fourth-order valence-electron chi connectivity index (χ4n) is 5.54. The van der Waals surface area contributed by atoms with Crippen molar-refractivity contribution in [1.82, 2.24) is 14.5 Å². The van der Waals surface area contributed by atoms with E-state index in [0.717, 1.165) is 11.9 Å². The van der Waals surface area contributed by atoms with Crippen LogP contribution in [-0.4, -0.2) is 35.0 Å². The molecule has 1 aliphatic rings. The first kappa shape index (κ1) is 21.6. The van der Waals surface area contributed by atoms with Crippen molar-refractivity contribution in [3.8, 4) is 5.69 Å². The Bertz CT molecular complexity index is 1650. The highest BCUT2D eigenvalue weighted by molar-refractivity contribution is 6.21. The highest BCUT2D eigenvalue weighted by Gasteiger charge is 2.28. The molecule has 0 bridgehead atoms. The fourth-order valence-corrected chi connectivity index (χ4v) is 5.54. The topological polar surface area (TPSA) is 46.6 Å². The fraction of sp³-hybridized carbons (Fsp3) is 0.200. The third-order valence-corrected chi connectivity index (χ3v) is 6.94. The van der Waals surface area contributed by atoms with E-state index in [1.165, 1.54) is 44.1 Å². The molecule has 3 aromatic carbocycles. The molecule has 0 fully saturated rings. The number of nitrogens with one attached hydrogen (secondary N) is 1. The van der Waals surface area contributed by atoms with Gasteiger partial charge in [0.2, 0.25) is 5.96 Å². The van der Waals surface area contributed by atoms with Crippen molar-refractivity contribution in [1.29, 1.82) is 0 Å². The third kappa shape index (κ3) is 3.27. The molecule has 174 valence electrons. The molecule has 0 saturated carbocycles. The van der Waals surface area contributed by atoms with E-state index in [2.05, 4.69) is 100 Å². The average Bonchev–Trinajstić information content (AvgIpc) is 3.41. The summed E-state index contributed by atoms with van der Waals surface area (Å²) in [4.78, 5) is 9.49. The van der Waals surface area contributed by atoms with E-state index >= 15 is 0 Å². The number of aliphatic imine (C=N–C) groups is 2. The lowest BCUT2D eigenvalue weighted by Gasteiger charge is -2.17. The van der Waals surface area contributed by atoms with Crippen LogP contribution < -0.4 is 5.32 Å². The molecule has 5 heteroatoms. The minimum atomic E-state index is 0.391. The molecule has 1 aliphatic carbocycles. The van der Waals surface area contributed by atoms with Crippen LogP contribution in [0.15, 0.2) is 82.8 Å². The van der Waals surface area contributed by atoms with Gasteiger partial charge in [-0.25, -0.2) is 9.98 Å². The molecule has 35 heavy (non-hydrogen) atoms. The Balaban J connectivity index is 1.84. The second-order valence-corrected chi connectivity index (χ2v) is 9.07. The number of para-hydroxylation sites is 2. The largest absolute Gasteiger partial charge is 0.309 e. The summed E-state index contributed by atoms with van der Waals surface area (Å²) < 4.78 is 4.66. The van der Waals surface area contributed by atoms with Gasteiger partial charge in [0.05, 0.1) is 28.9 Å². The molecule has 1 N–H and O–H groups in total. The summed E-state index contributed by atoms with van der Waals surface area (Å²) in [6.07, 6.45) is 7.37. The molecular formula is C30H29N5. The quantitative estimate of drug-likeness (QED) is 0.236. The molecule has 6 rings (SSSR count). The molecule has 2 heterocycles. The van der Waals surface area contributed by atoms with E-state index in [1.807, 2.05) is 20.2 Å². The van der Waals surface area contributed by atoms with Crippen LogP contribution in [0.5, 0.6) is 0 Å². The highest BCUT2D eigenvalue weighted by atomic mass is 15.2. The minimum absolute atomic E-state index is 0.391. The second kappa shape index (κ2) is 8.67. The van der Waals surface area contributed by atoms with E-state index < -0.39 is 0 Å². The summed E-state index contributed by atoms with van der Waals surface area (Å²) in [5.74, 6) is 1.09. The number of aromatic nitrogens is 2. The van der Waals surface area contributed by atoms with Crippen LogP contribution in [-0.2, 0) is 0 Å². The smallest absolute Gasteiger partial charge is 0.230 e. The molecule has 0 saturated heterocycles. The second-order valence-electron chi connectivity index (χ2n) is 9.07. The first-order valence-corrected chi connectivity index (χ1v) is 12.2. The maximum atomic E-state index is 4.79. The monoisotopic (exact) mass is 459 g/mol. The number of rotatable bonds is 3. The zero-order valence-corrected chi connectivity index (χ0v) is 20.4. The molecule has 0 spiro atoms. The number of fused-ring (bicyclic) bond motifs is 7. The maximum absolute atomic E-state index is 4.79. The molecule has 5 nitrogen and oxygen atoms in total. The minimum Gasteiger partial charge on any atom is -0.309 e. The number of nitrogens with zero attached hydrogens (tertiary/aromatic N) is 4. The first-order chi connectivity index (χ1) is 17.2. The van der Waals surface area contributed by atoms with Gasteiger partial charge in [-0.1, -0.05) is 55.5 Å².